The number of pyridine rings is 1. The molecule has 2 amide bonds. The SMILES string of the molecule is NC(=O)c1ccc(N2CC[C@@](O)(C(=O)CCc3cc(F)cc(Cl)c3)C2=O)cn1. The molecule has 0 saturated carbocycles. The van der Waals surface area contributed by atoms with Crippen LogP contribution in [0.5, 0.6) is 0 Å². The van der Waals surface area contributed by atoms with E-state index in [1.54, 1.807) is 0 Å². The Morgan fingerprint density at radius 3 is 2.68 bits per heavy atom. The van der Waals surface area contributed by atoms with Crippen molar-refractivity contribution in [3.05, 3.63) is 58.6 Å². The van der Waals surface area contributed by atoms with E-state index >= 15 is 0 Å². The quantitative estimate of drug-likeness (QED) is 0.709. The third-order valence-corrected chi connectivity index (χ3v) is 4.85. The number of hydrogen-bond acceptors (Lipinski definition) is 5. The molecule has 2 aromatic rings. The van der Waals surface area contributed by atoms with Crippen molar-refractivity contribution in [2.75, 3.05) is 11.4 Å². The Morgan fingerprint density at radius 1 is 1.32 bits per heavy atom. The van der Waals surface area contributed by atoms with E-state index in [9.17, 15) is 23.9 Å². The number of benzene rings is 1. The van der Waals surface area contributed by atoms with Crippen LogP contribution in [0, 0.1) is 5.82 Å². The molecule has 3 rings (SSSR count). The number of primary amides is 1. The number of ketones is 1. The fourth-order valence-electron chi connectivity index (χ4n) is 3.12. The van der Waals surface area contributed by atoms with E-state index in [0.717, 1.165) is 6.07 Å². The predicted molar refractivity (Wildman–Crippen MR) is 99.4 cm³/mol. The highest BCUT2D eigenvalue weighted by atomic mass is 35.5. The van der Waals surface area contributed by atoms with Gasteiger partial charge in [-0.3, -0.25) is 14.4 Å². The van der Waals surface area contributed by atoms with E-state index in [-0.39, 0.29) is 36.5 Å². The third kappa shape index (κ3) is 3.88. The summed E-state index contributed by atoms with van der Waals surface area (Å²) in [7, 11) is 0. The van der Waals surface area contributed by atoms with Gasteiger partial charge in [-0.2, -0.15) is 0 Å². The topological polar surface area (TPSA) is 114 Å². The van der Waals surface area contributed by atoms with Gasteiger partial charge in [0.15, 0.2) is 5.78 Å². The number of amides is 2. The van der Waals surface area contributed by atoms with Gasteiger partial charge in [-0.05, 0) is 42.3 Å². The molecule has 1 fully saturated rings. The fourth-order valence-corrected chi connectivity index (χ4v) is 3.37. The van der Waals surface area contributed by atoms with Gasteiger partial charge in [-0.25, -0.2) is 9.37 Å². The van der Waals surface area contributed by atoms with Crippen molar-refractivity contribution in [1.29, 1.82) is 0 Å². The average molecular weight is 406 g/mol. The summed E-state index contributed by atoms with van der Waals surface area (Å²) >= 11 is 5.79. The molecule has 146 valence electrons. The molecule has 28 heavy (non-hydrogen) atoms. The number of hydrogen-bond donors (Lipinski definition) is 2. The Balaban J connectivity index is 1.70. The first-order valence-corrected chi connectivity index (χ1v) is 8.87. The molecule has 0 radical (unpaired) electrons. The van der Waals surface area contributed by atoms with E-state index in [0.29, 0.717) is 11.3 Å². The van der Waals surface area contributed by atoms with E-state index in [1.165, 1.54) is 35.4 Å². The first-order valence-electron chi connectivity index (χ1n) is 8.49. The van der Waals surface area contributed by atoms with Crippen LogP contribution in [0.3, 0.4) is 0 Å². The maximum Gasteiger partial charge on any atom is 0.267 e. The van der Waals surface area contributed by atoms with Gasteiger partial charge in [0.05, 0.1) is 11.9 Å². The second-order valence-electron chi connectivity index (χ2n) is 6.53. The maximum atomic E-state index is 13.4. The monoisotopic (exact) mass is 405 g/mol. The van der Waals surface area contributed by atoms with E-state index in [4.69, 9.17) is 17.3 Å². The van der Waals surface area contributed by atoms with Crippen LogP contribution in [0.4, 0.5) is 10.1 Å². The van der Waals surface area contributed by atoms with Gasteiger partial charge >= 0.3 is 0 Å². The lowest BCUT2D eigenvalue weighted by molar-refractivity contribution is -0.147. The minimum atomic E-state index is -2.15. The number of aliphatic hydroxyl groups is 1. The molecule has 1 atom stereocenters. The number of aromatic nitrogens is 1. The van der Waals surface area contributed by atoms with Crippen LogP contribution < -0.4 is 10.6 Å². The van der Waals surface area contributed by atoms with Crippen LogP contribution in [0.15, 0.2) is 36.5 Å². The maximum absolute atomic E-state index is 13.4. The Hall–Kier alpha value is -2.84. The van der Waals surface area contributed by atoms with E-state index in [2.05, 4.69) is 4.98 Å². The number of anilines is 1. The summed E-state index contributed by atoms with van der Waals surface area (Å²) in [6.45, 7) is 0.116. The third-order valence-electron chi connectivity index (χ3n) is 4.63. The summed E-state index contributed by atoms with van der Waals surface area (Å²) in [6.07, 6.45) is 1.20. The van der Waals surface area contributed by atoms with Gasteiger partial charge in [0.25, 0.3) is 11.8 Å². The summed E-state index contributed by atoms with van der Waals surface area (Å²) in [5.41, 5.74) is 3.85. The molecule has 0 spiro atoms. The van der Waals surface area contributed by atoms with Gasteiger partial charge in [-0.1, -0.05) is 11.6 Å². The second kappa shape index (κ2) is 7.65. The lowest BCUT2D eigenvalue weighted by atomic mass is 9.92. The molecular weight excluding hydrogens is 389 g/mol. The summed E-state index contributed by atoms with van der Waals surface area (Å²) in [4.78, 5) is 41.4. The Morgan fingerprint density at radius 2 is 2.07 bits per heavy atom. The van der Waals surface area contributed by atoms with Crippen LogP contribution in [0.2, 0.25) is 5.02 Å². The van der Waals surface area contributed by atoms with Crippen LogP contribution in [0.1, 0.15) is 28.9 Å². The summed E-state index contributed by atoms with van der Waals surface area (Å²) in [6, 6.07) is 6.75. The number of nitrogens with two attached hydrogens (primary N) is 1. The second-order valence-corrected chi connectivity index (χ2v) is 6.97. The van der Waals surface area contributed by atoms with Crippen LogP contribution in [-0.2, 0) is 16.0 Å². The molecule has 1 saturated heterocycles. The number of nitrogens with zero attached hydrogens (tertiary/aromatic N) is 2. The fraction of sp³-hybridized carbons (Fsp3) is 0.263. The van der Waals surface area contributed by atoms with E-state index < -0.39 is 29.0 Å². The number of halogens is 2. The number of carbonyl (C=O) groups is 3. The first-order chi connectivity index (χ1) is 13.2. The van der Waals surface area contributed by atoms with Gasteiger partial charge < -0.3 is 15.7 Å². The van der Waals surface area contributed by atoms with E-state index in [1.807, 2.05) is 0 Å². The van der Waals surface area contributed by atoms with Crippen LogP contribution in [0.25, 0.3) is 0 Å². The van der Waals surface area contributed by atoms with Crippen molar-refractivity contribution >= 4 is 34.9 Å². The van der Waals surface area contributed by atoms with Gasteiger partial charge in [0.2, 0.25) is 5.60 Å². The summed E-state index contributed by atoms with van der Waals surface area (Å²) in [5.74, 6) is -2.64. The molecule has 1 aliphatic heterocycles. The highest BCUT2D eigenvalue weighted by molar-refractivity contribution is 6.30. The smallest absolute Gasteiger partial charge is 0.267 e. The molecule has 1 aliphatic rings. The van der Waals surface area contributed by atoms with Crippen LogP contribution >= 0.6 is 11.6 Å². The zero-order chi connectivity index (χ0) is 20.5. The number of rotatable bonds is 6. The molecular formula is C19H17ClFN3O4. The van der Waals surface area contributed by atoms with Crippen molar-refractivity contribution in [3.8, 4) is 0 Å². The highest BCUT2D eigenvalue weighted by Crippen LogP contribution is 2.30. The summed E-state index contributed by atoms with van der Waals surface area (Å²) in [5, 5.41) is 10.9. The van der Waals surface area contributed by atoms with Gasteiger partial charge in [0, 0.05) is 24.4 Å². The molecule has 1 aromatic carbocycles. The Bertz CT molecular complexity index is 930. The van der Waals surface area contributed by atoms with Crippen molar-refractivity contribution < 1.29 is 23.9 Å². The predicted octanol–water partition coefficient (Wildman–Crippen LogP) is 1.64. The summed E-state index contributed by atoms with van der Waals surface area (Å²) < 4.78 is 13.4. The standard InChI is InChI=1S/C19H17ClFN3O4/c20-12-7-11(8-13(21)9-12)1-4-16(25)19(28)5-6-24(18(19)27)14-2-3-15(17(22)26)23-10-14/h2-3,7-10,28H,1,4-6H2,(H2,22,26)/t19-/m1/s1. The molecule has 0 aliphatic carbocycles. The normalized spacial score (nSPS) is 19.1. The molecule has 3 N–H and O–H groups in total. The van der Waals surface area contributed by atoms with Crippen molar-refractivity contribution in [1.82, 2.24) is 4.98 Å². The Labute approximate surface area is 164 Å². The number of Topliss-reactive ketones (excluding diaryl/α,β-unsaturated/α-hetero) is 1. The minimum absolute atomic E-state index is 0.0375. The van der Waals surface area contributed by atoms with Crippen molar-refractivity contribution in [2.45, 2.75) is 24.9 Å². The van der Waals surface area contributed by atoms with Gasteiger partial charge in [0.1, 0.15) is 11.5 Å². The molecule has 2 heterocycles. The molecule has 0 unspecified atom stereocenters. The molecule has 0 bridgehead atoms. The average Bonchev–Trinajstić information content (AvgIpc) is 2.95. The Kier molecular flexibility index (Phi) is 5.44. The lowest BCUT2D eigenvalue weighted by Gasteiger charge is -2.21. The van der Waals surface area contributed by atoms with Crippen LogP contribution in [-0.4, -0.2) is 39.8 Å². The number of aryl methyl sites for hydroxylation is 1. The molecule has 9 heteroatoms. The van der Waals surface area contributed by atoms with Crippen molar-refractivity contribution in [2.24, 2.45) is 5.73 Å². The van der Waals surface area contributed by atoms with Crippen molar-refractivity contribution in [3.63, 3.8) is 0 Å². The zero-order valence-corrected chi connectivity index (χ0v) is 15.4. The zero-order valence-electron chi connectivity index (χ0n) is 14.7. The first kappa shape index (κ1) is 19.9. The molecule has 7 nitrogen and oxygen atoms in total. The minimum Gasteiger partial charge on any atom is -0.373 e. The number of carbonyl (C=O) groups excluding carboxylic acids is 3. The lowest BCUT2D eigenvalue weighted by Crippen LogP contribution is -2.47. The molecule has 1 aromatic heterocycles. The largest absolute Gasteiger partial charge is 0.373 e. The van der Waals surface area contributed by atoms with Gasteiger partial charge in [-0.15, -0.1) is 0 Å². The highest BCUT2D eigenvalue weighted by Gasteiger charge is 2.50.